The second-order valence-corrected chi connectivity index (χ2v) is 5.12. The predicted molar refractivity (Wildman–Crippen MR) is 72.1 cm³/mol. The maximum Gasteiger partial charge on any atom is 0.153 e. The van der Waals surface area contributed by atoms with E-state index >= 15 is 0 Å². The Balaban J connectivity index is 1.98. The Bertz CT molecular complexity index is 397. The van der Waals surface area contributed by atoms with Crippen molar-refractivity contribution < 1.29 is 9.53 Å². The van der Waals surface area contributed by atoms with Crippen LogP contribution in [0.3, 0.4) is 0 Å². The molecule has 0 amide bonds. The van der Waals surface area contributed by atoms with Gasteiger partial charge in [-0.2, -0.15) is 0 Å². The molecule has 0 aliphatic carbocycles. The molecule has 3 heteroatoms. The number of hydrogen-bond acceptors (Lipinski definition) is 3. The summed E-state index contributed by atoms with van der Waals surface area (Å²) in [6.45, 7) is 4.37. The zero-order chi connectivity index (χ0) is 13.0. The van der Waals surface area contributed by atoms with Crippen LogP contribution in [0.5, 0.6) is 5.75 Å². The zero-order valence-corrected chi connectivity index (χ0v) is 11.1. The van der Waals surface area contributed by atoms with Gasteiger partial charge in [-0.15, -0.1) is 0 Å². The number of benzene rings is 1. The third kappa shape index (κ3) is 3.10. The summed E-state index contributed by atoms with van der Waals surface area (Å²) in [7, 11) is 2.16. The van der Waals surface area contributed by atoms with E-state index in [4.69, 9.17) is 4.74 Å². The zero-order valence-electron chi connectivity index (χ0n) is 11.1. The van der Waals surface area contributed by atoms with Crippen LogP contribution >= 0.6 is 0 Å². The summed E-state index contributed by atoms with van der Waals surface area (Å²) < 4.78 is 5.96. The van der Waals surface area contributed by atoms with E-state index in [1.165, 1.54) is 12.8 Å². The van der Waals surface area contributed by atoms with Gasteiger partial charge in [0.1, 0.15) is 5.75 Å². The maximum absolute atomic E-state index is 10.9. The van der Waals surface area contributed by atoms with Crippen LogP contribution < -0.4 is 4.74 Å². The first-order chi connectivity index (χ1) is 8.70. The number of carbonyl (C=O) groups is 1. The quantitative estimate of drug-likeness (QED) is 0.766. The molecule has 1 atom stereocenters. The molecule has 1 aromatic carbocycles. The summed E-state index contributed by atoms with van der Waals surface area (Å²) in [4.78, 5) is 13.3. The van der Waals surface area contributed by atoms with E-state index in [0.717, 1.165) is 19.4 Å². The summed E-state index contributed by atoms with van der Waals surface area (Å²) in [6, 6.07) is 7.43. The summed E-state index contributed by atoms with van der Waals surface area (Å²) in [5.74, 6) is 1.29. The van der Waals surface area contributed by atoms with E-state index in [0.29, 0.717) is 17.2 Å². The van der Waals surface area contributed by atoms with Gasteiger partial charge in [0, 0.05) is 0 Å². The molecule has 1 aliphatic rings. The van der Waals surface area contributed by atoms with Crippen molar-refractivity contribution in [1.82, 2.24) is 4.90 Å². The Kier molecular flexibility index (Phi) is 4.37. The molecular weight excluding hydrogens is 226 g/mol. The highest BCUT2D eigenvalue weighted by atomic mass is 16.5. The third-order valence-electron chi connectivity index (χ3n) is 3.79. The fraction of sp³-hybridized carbons (Fsp3) is 0.533. The third-order valence-corrected chi connectivity index (χ3v) is 3.79. The van der Waals surface area contributed by atoms with Crippen molar-refractivity contribution in [2.45, 2.75) is 25.9 Å². The Labute approximate surface area is 109 Å². The van der Waals surface area contributed by atoms with Crippen molar-refractivity contribution in [3.63, 3.8) is 0 Å². The molecule has 1 aliphatic heterocycles. The predicted octanol–water partition coefficient (Wildman–Crippen LogP) is 2.61. The minimum absolute atomic E-state index is 0.166. The molecule has 3 nitrogen and oxygen atoms in total. The first-order valence-electron chi connectivity index (χ1n) is 6.60. The Hall–Kier alpha value is -1.35. The molecule has 0 radical (unpaired) electrons. The first-order valence-corrected chi connectivity index (χ1v) is 6.60. The summed E-state index contributed by atoms with van der Waals surface area (Å²) in [5, 5.41) is 0. The second kappa shape index (κ2) is 6.01. The average molecular weight is 247 g/mol. The van der Waals surface area contributed by atoms with Crippen molar-refractivity contribution in [2.75, 3.05) is 20.1 Å². The number of nitrogens with zero attached hydrogens (tertiary/aromatic N) is 1. The molecule has 0 saturated carbocycles. The fourth-order valence-corrected chi connectivity index (χ4v) is 2.48. The van der Waals surface area contributed by atoms with Gasteiger partial charge < -0.3 is 9.64 Å². The molecule has 1 aromatic rings. The van der Waals surface area contributed by atoms with Crippen LogP contribution in [0.2, 0.25) is 0 Å². The molecule has 0 N–H and O–H groups in total. The molecule has 98 valence electrons. The molecule has 1 saturated heterocycles. The molecule has 0 aromatic heterocycles. The van der Waals surface area contributed by atoms with Crippen molar-refractivity contribution in [1.29, 1.82) is 0 Å². The van der Waals surface area contributed by atoms with Crippen molar-refractivity contribution in [3.8, 4) is 5.75 Å². The minimum atomic E-state index is 0.166. The van der Waals surface area contributed by atoms with Crippen LogP contribution in [0.1, 0.15) is 30.1 Å². The van der Waals surface area contributed by atoms with Gasteiger partial charge in [-0.1, -0.05) is 12.1 Å². The molecule has 1 fully saturated rings. The average Bonchev–Trinajstić information content (AvgIpc) is 2.40. The molecular formula is C15H21NO2. The van der Waals surface area contributed by atoms with Crippen LogP contribution in [0.25, 0.3) is 0 Å². The van der Waals surface area contributed by atoms with Crippen LogP contribution in [0.4, 0.5) is 0 Å². The number of likely N-dealkylation sites (tertiary alicyclic amines) is 1. The monoisotopic (exact) mass is 247 g/mol. The molecule has 1 heterocycles. The lowest BCUT2D eigenvalue weighted by Crippen LogP contribution is -2.36. The molecule has 18 heavy (non-hydrogen) atoms. The van der Waals surface area contributed by atoms with Crippen LogP contribution in [-0.4, -0.2) is 37.4 Å². The van der Waals surface area contributed by atoms with Crippen molar-refractivity contribution >= 4 is 6.29 Å². The van der Waals surface area contributed by atoms with E-state index in [-0.39, 0.29) is 6.10 Å². The van der Waals surface area contributed by atoms with E-state index < -0.39 is 0 Å². The van der Waals surface area contributed by atoms with E-state index in [1.54, 1.807) is 6.07 Å². The smallest absolute Gasteiger partial charge is 0.153 e. The number of piperidine rings is 1. The van der Waals surface area contributed by atoms with Gasteiger partial charge in [0.25, 0.3) is 0 Å². The SMILES string of the molecule is CC(Oc1ccccc1C=O)C1CCN(C)CC1. The summed E-state index contributed by atoms with van der Waals surface area (Å²) in [5.41, 5.74) is 0.636. The number of carbonyl (C=O) groups excluding carboxylic acids is 1. The van der Waals surface area contributed by atoms with Crippen LogP contribution in [0.15, 0.2) is 24.3 Å². The summed E-state index contributed by atoms with van der Waals surface area (Å²) in [6.07, 6.45) is 3.36. The molecule has 0 bridgehead atoms. The van der Waals surface area contributed by atoms with Gasteiger partial charge in [0.15, 0.2) is 6.29 Å². The van der Waals surface area contributed by atoms with Crippen LogP contribution in [-0.2, 0) is 0 Å². The lowest BCUT2D eigenvalue weighted by atomic mass is 9.92. The van der Waals surface area contributed by atoms with Gasteiger partial charge in [-0.3, -0.25) is 4.79 Å². The number of hydrogen-bond donors (Lipinski definition) is 0. The fourth-order valence-electron chi connectivity index (χ4n) is 2.48. The lowest BCUT2D eigenvalue weighted by molar-refractivity contribution is 0.0955. The Morgan fingerprint density at radius 3 is 2.67 bits per heavy atom. The van der Waals surface area contributed by atoms with Gasteiger partial charge >= 0.3 is 0 Å². The Morgan fingerprint density at radius 2 is 2.00 bits per heavy atom. The number of aldehydes is 1. The van der Waals surface area contributed by atoms with E-state index in [2.05, 4.69) is 18.9 Å². The van der Waals surface area contributed by atoms with E-state index in [1.807, 2.05) is 18.2 Å². The van der Waals surface area contributed by atoms with Gasteiger partial charge in [-0.25, -0.2) is 0 Å². The highest BCUT2D eigenvalue weighted by Crippen LogP contribution is 2.25. The number of rotatable bonds is 4. The van der Waals surface area contributed by atoms with E-state index in [9.17, 15) is 4.79 Å². The van der Waals surface area contributed by atoms with Gasteiger partial charge in [0.2, 0.25) is 0 Å². The maximum atomic E-state index is 10.9. The first kappa shape index (κ1) is 13.1. The normalized spacial score (nSPS) is 19.4. The Morgan fingerprint density at radius 1 is 1.33 bits per heavy atom. The molecule has 0 spiro atoms. The van der Waals surface area contributed by atoms with Gasteiger partial charge in [0.05, 0.1) is 11.7 Å². The standard InChI is InChI=1S/C15H21NO2/c1-12(13-7-9-16(2)10-8-13)18-15-6-4-3-5-14(15)11-17/h3-6,11-13H,7-10H2,1-2H3. The highest BCUT2D eigenvalue weighted by Gasteiger charge is 2.23. The summed E-state index contributed by atoms with van der Waals surface area (Å²) >= 11 is 0. The van der Waals surface area contributed by atoms with Gasteiger partial charge in [-0.05, 0) is 58.0 Å². The second-order valence-electron chi connectivity index (χ2n) is 5.12. The van der Waals surface area contributed by atoms with Crippen molar-refractivity contribution in [3.05, 3.63) is 29.8 Å². The molecule has 2 rings (SSSR count). The topological polar surface area (TPSA) is 29.5 Å². The number of ether oxygens (including phenoxy) is 1. The van der Waals surface area contributed by atoms with Crippen LogP contribution in [0, 0.1) is 5.92 Å². The minimum Gasteiger partial charge on any atom is -0.490 e. The number of para-hydroxylation sites is 1. The molecule has 1 unspecified atom stereocenters. The largest absolute Gasteiger partial charge is 0.490 e. The van der Waals surface area contributed by atoms with Crippen molar-refractivity contribution in [2.24, 2.45) is 5.92 Å². The lowest BCUT2D eigenvalue weighted by Gasteiger charge is -2.32. The highest BCUT2D eigenvalue weighted by molar-refractivity contribution is 5.79.